The van der Waals surface area contributed by atoms with E-state index in [4.69, 9.17) is 0 Å². The molecule has 0 saturated heterocycles. The Kier molecular flexibility index (Phi) is 5.20. The van der Waals surface area contributed by atoms with Crippen LogP contribution in [0.5, 0.6) is 0 Å². The first-order valence-electron chi connectivity index (χ1n) is 6.09. The van der Waals surface area contributed by atoms with Crippen molar-refractivity contribution in [3.05, 3.63) is 34.9 Å². The van der Waals surface area contributed by atoms with Gasteiger partial charge in [0.2, 0.25) is 0 Å². The Balaban J connectivity index is 2.44. The van der Waals surface area contributed by atoms with Gasteiger partial charge in [0, 0.05) is 6.42 Å². The van der Waals surface area contributed by atoms with Crippen molar-refractivity contribution >= 4 is 0 Å². The zero-order valence-corrected chi connectivity index (χ0v) is 10.7. The minimum absolute atomic E-state index is 0.0183. The third-order valence-electron chi connectivity index (χ3n) is 2.96. The summed E-state index contributed by atoms with van der Waals surface area (Å²) in [6.45, 7) is 3.90. The Morgan fingerprint density at radius 3 is 2.50 bits per heavy atom. The highest BCUT2D eigenvalue weighted by atomic mass is 19.4. The van der Waals surface area contributed by atoms with Crippen LogP contribution in [-0.4, -0.2) is 17.4 Å². The molecule has 0 aromatic heterocycles. The summed E-state index contributed by atoms with van der Waals surface area (Å²) in [4.78, 5) is 0. The molecule has 0 bridgehead atoms. The van der Waals surface area contributed by atoms with Gasteiger partial charge in [0.15, 0.2) is 0 Å². The van der Waals surface area contributed by atoms with Crippen LogP contribution in [0.1, 0.15) is 36.0 Å². The zero-order chi connectivity index (χ0) is 13.8. The molecule has 0 aliphatic heterocycles. The molecule has 4 heteroatoms. The lowest BCUT2D eigenvalue weighted by Gasteiger charge is -2.13. The molecule has 1 unspecified atom stereocenters. The number of aliphatic hydroxyl groups is 1. The van der Waals surface area contributed by atoms with Crippen LogP contribution in [0, 0.1) is 13.8 Å². The Morgan fingerprint density at radius 2 is 1.89 bits per heavy atom. The number of aryl methyl sites for hydroxylation is 2. The van der Waals surface area contributed by atoms with Crippen molar-refractivity contribution in [3.63, 3.8) is 0 Å². The van der Waals surface area contributed by atoms with Crippen LogP contribution >= 0.6 is 0 Å². The van der Waals surface area contributed by atoms with E-state index in [2.05, 4.69) is 0 Å². The highest BCUT2D eigenvalue weighted by Gasteiger charge is 2.26. The summed E-state index contributed by atoms with van der Waals surface area (Å²) in [6, 6.07) is 5.92. The number of benzene rings is 1. The first kappa shape index (κ1) is 15.0. The minimum atomic E-state index is -4.13. The van der Waals surface area contributed by atoms with Gasteiger partial charge in [-0.25, -0.2) is 0 Å². The predicted octanol–water partition coefficient (Wildman–Crippen LogP) is 3.94. The van der Waals surface area contributed by atoms with Crippen LogP contribution < -0.4 is 0 Å². The smallest absolute Gasteiger partial charge is 0.389 e. The van der Waals surface area contributed by atoms with Gasteiger partial charge in [-0.2, -0.15) is 13.2 Å². The van der Waals surface area contributed by atoms with E-state index >= 15 is 0 Å². The van der Waals surface area contributed by atoms with E-state index in [1.165, 1.54) is 0 Å². The molecule has 0 aliphatic carbocycles. The molecular weight excluding hydrogens is 241 g/mol. The van der Waals surface area contributed by atoms with Crippen molar-refractivity contribution in [2.75, 3.05) is 0 Å². The standard InChI is InChI=1S/C14H19F3O/c1-10-5-6-11(2)12(8-10)9-13(18)4-3-7-14(15,16)17/h5-6,8,13,18H,3-4,7,9H2,1-2H3. The van der Waals surface area contributed by atoms with E-state index in [1.54, 1.807) is 0 Å². The summed E-state index contributed by atoms with van der Waals surface area (Å²) < 4.78 is 35.9. The van der Waals surface area contributed by atoms with Gasteiger partial charge in [0.05, 0.1) is 6.10 Å². The van der Waals surface area contributed by atoms with Crippen molar-refractivity contribution < 1.29 is 18.3 Å². The molecule has 0 amide bonds. The molecule has 0 fully saturated rings. The maximum atomic E-state index is 12.0. The maximum Gasteiger partial charge on any atom is 0.389 e. The topological polar surface area (TPSA) is 20.2 Å². The monoisotopic (exact) mass is 260 g/mol. The molecule has 1 rings (SSSR count). The lowest BCUT2D eigenvalue weighted by Crippen LogP contribution is -2.14. The van der Waals surface area contributed by atoms with Crippen molar-refractivity contribution in [1.82, 2.24) is 0 Å². The predicted molar refractivity (Wildman–Crippen MR) is 65.5 cm³/mol. The molecule has 102 valence electrons. The summed E-state index contributed by atoms with van der Waals surface area (Å²) in [6.07, 6.45) is -5.06. The van der Waals surface area contributed by atoms with E-state index in [1.807, 2.05) is 32.0 Å². The Morgan fingerprint density at radius 1 is 1.22 bits per heavy atom. The van der Waals surface area contributed by atoms with Crippen molar-refractivity contribution in [2.45, 2.75) is 51.8 Å². The average Bonchev–Trinajstić information content (AvgIpc) is 2.21. The van der Waals surface area contributed by atoms with E-state index in [0.717, 1.165) is 16.7 Å². The van der Waals surface area contributed by atoms with Crippen molar-refractivity contribution in [3.8, 4) is 0 Å². The van der Waals surface area contributed by atoms with Gasteiger partial charge < -0.3 is 5.11 Å². The molecule has 1 N–H and O–H groups in total. The number of hydrogen-bond acceptors (Lipinski definition) is 1. The van der Waals surface area contributed by atoms with Crippen LogP contribution in [0.25, 0.3) is 0 Å². The van der Waals surface area contributed by atoms with E-state index in [-0.39, 0.29) is 12.8 Å². The third-order valence-corrected chi connectivity index (χ3v) is 2.96. The Labute approximate surface area is 106 Å². The molecule has 0 spiro atoms. The largest absolute Gasteiger partial charge is 0.393 e. The highest BCUT2D eigenvalue weighted by molar-refractivity contribution is 5.30. The molecule has 0 heterocycles. The number of aliphatic hydroxyl groups excluding tert-OH is 1. The molecule has 0 saturated carbocycles. The maximum absolute atomic E-state index is 12.0. The molecular formula is C14H19F3O. The molecule has 0 radical (unpaired) electrons. The van der Waals surface area contributed by atoms with E-state index in [0.29, 0.717) is 6.42 Å². The fourth-order valence-corrected chi connectivity index (χ4v) is 1.91. The lowest BCUT2D eigenvalue weighted by molar-refractivity contribution is -0.136. The third kappa shape index (κ3) is 5.54. The molecule has 1 nitrogen and oxygen atoms in total. The molecule has 1 aromatic carbocycles. The van der Waals surface area contributed by atoms with Crippen molar-refractivity contribution in [2.24, 2.45) is 0 Å². The second-order valence-corrected chi connectivity index (χ2v) is 4.80. The number of rotatable bonds is 5. The second-order valence-electron chi connectivity index (χ2n) is 4.80. The summed E-state index contributed by atoms with van der Waals surface area (Å²) in [5.41, 5.74) is 3.17. The van der Waals surface area contributed by atoms with Gasteiger partial charge >= 0.3 is 6.18 Å². The SMILES string of the molecule is Cc1ccc(C)c(CC(O)CCCC(F)(F)F)c1. The fourth-order valence-electron chi connectivity index (χ4n) is 1.91. The summed E-state index contributed by atoms with van der Waals surface area (Å²) in [7, 11) is 0. The van der Waals surface area contributed by atoms with Gasteiger partial charge in [-0.1, -0.05) is 23.8 Å². The first-order chi connectivity index (χ1) is 8.28. The quantitative estimate of drug-likeness (QED) is 0.850. The number of alkyl halides is 3. The van der Waals surface area contributed by atoms with E-state index in [9.17, 15) is 18.3 Å². The second kappa shape index (κ2) is 6.23. The molecule has 18 heavy (non-hydrogen) atoms. The molecule has 1 atom stereocenters. The van der Waals surface area contributed by atoms with Gasteiger partial charge in [0.25, 0.3) is 0 Å². The van der Waals surface area contributed by atoms with Crippen LogP contribution in [0.3, 0.4) is 0 Å². The van der Waals surface area contributed by atoms with Crippen LogP contribution in [0.2, 0.25) is 0 Å². The molecule has 1 aromatic rings. The van der Waals surface area contributed by atoms with Crippen LogP contribution in [0.15, 0.2) is 18.2 Å². The molecule has 0 aliphatic rings. The summed E-state index contributed by atoms with van der Waals surface area (Å²) >= 11 is 0. The Bertz CT molecular complexity index is 385. The number of halogens is 3. The van der Waals surface area contributed by atoms with Gasteiger partial charge in [0.1, 0.15) is 0 Å². The van der Waals surface area contributed by atoms with Crippen LogP contribution in [0.4, 0.5) is 13.2 Å². The minimum Gasteiger partial charge on any atom is -0.393 e. The number of hydrogen-bond donors (Lipinski definition) is 1. The van der Waals surface area contributed by atoms with E-state index < -0.39 is 18.7 Å². The summed E-state index contributed by atoms with van der Waals surface area (Å²) in [5, 5.41) is 9.75. The Hall–Kier alpha value is -1.03. The first-order valence-corrected chi connectivity index (χ1v) is 6.09. The summed E-state index contributed by atoms with van der Waals surface area (Å²) in [5.74, 6) is 0. The lowest BCUT2D eigenvalue weighted by atomic mass is 9.98. The normalized spacial score (nSPS) is 13.7. The fraction of sp³-hybridized carbons (Fsp3) is 0.571. The zero-order valence-electron chi connectivity index (χ0n) is 10.7. The van der Waals surface area contributed by atoms with Crippen LogP contribution in [-0.2, 0) is 6.42 Å². The highest BCUT2D eigenvalue weighted by Crippen LogP contribution is 2.23. The van der Waals surface area contributed by atoms with Gasteiger partial charge in [-0.15, -0.1) is 0 Å². The van der Waals surface area contributed by atoms with Crippen molar-refractivity contribution in [1.29, 1.82) is 0 Å². The van der Waals surface area contributed by atoms with Gasteiger partial charge in [-0.05, 0) is 44.2 Å². The average molecular weight is 260 g/mol. The van der Waals surface area contributed by atoms with Gasteiger partial charge in [-0.3, -0.25) is 0 Å².